The second kappa shape index (κ2) is 10.6. The number of hydrogen-bond acceptors (Lipinski definition) is 5. The molecule has 2 aromatic carbocycles. The largest absolute Gasteiger partial charge is 0.486 e. The molecule has 0 spiro atoms. The monoisotopic (exact) mass is 492 g/mol. The SMILES string of the molecule is Fc1ccc(F)cc1.O=C(NCc1ccc2c(c1)OCCO2)c1cnn2ccc(N3CCCC3)cc12. The molecule has 7 nitrogen and oxygen atoms in total. The Morgan fingerprint density at radius 2 is 1.61 bits per heavy atom. The summed E-state index contributed by atoms with van der Waals surface area (Å²) in [7, 11) is 0. The van der Waals surface area contributed by atoms with Crippen LogP contribution >= 0.6 is 0 Å². The van der Waals surface area contributed by atoms with E-state index in [4.69, 9.17) is 9.47 Å². The lowest BCUT2D eigenvalue weighted by atomic mass is 10.1. The highest BCUT2D eigenvalue weighted by Crippen LogP contribution is 2.30. The number of benzene rings is 2. The summed E-state index contributed by atoms with van der Waals surface area (Å²) in [6.07, 6.45) is 5.98. The van der Waals surface area contributed by atoms with Crippen molar-refractivity contribution >= 4 is 17.1 Å². The van der Waals surface area contributed by atoms with Gasteiger partial charge >= 0.3 is 0 Å². The Morgan fingerprint density at radius 3 is 2.33 bits per heavy atom. The van der Waals surface area contributed by atoms with Gasteiger partial charge in [0.25, 0.3) is 5.91 Å². The zero-order valence-corrected chi connectivity index (χ0v) is 19.6. The van der Waals surface area contributed by atoms with Crippen LogP contribution in [0.15, 0.2) is 67.0 Å². The minimum atomic E-state index is -0.411. The van der Waals surface area contributed by atoms with Crippen molar-refractivity contribution in [2.24, 2.45) is 0 Å². The van der Waals surface area contributed by atoms with Crippen LogP contribution in [0, 0.1) is 11.6 Å². The van der Waals surface area contributed by atoms with Crippen molar-refractivity contribution in [3.05, 3.63) is 89.8 Å². The Morgan fingerprint density at radius 1 is 0.917 bits per heavy atom. The van der Waals surface area contributed by atoms with Gasteiger partial charge in [0.05, 0.1) is 17.3 Å². The van der Waals surface area contributed by atoms with Crippen LogP contribution in [0.5, 0.6) is 11.5 Å². The maximum Gasteiger partial charge on any atom is 0.255 e. The Hall–Kier alpha value is -4.14. The third kappa shape index (κ3) is 5.40. The number of carbonyl (C=O) groups is 1. The van der Waals surface area contributed by atoms with Crippen molar-refractivity contribution in [2.75, 3.05) is 31.2 Å². The predicted octanol–water partition coefficient (Wildman–Crippen LogP) is 4.60. The number of amides is 1. The zero-order valence-electron chi connectivity index (χ0n) is 19.6. The first-order chi connectivity index (χ1) is 17.6. The highest BCUT2D eigenvalue weighted by molar-refractivity contribution is 6.01. The van der Waals surface area contributed by atoms with Gasteiger partial charge in [-0.15, -0.1) is 0 Å². The molecule has 1 saturated heterocycles. The summed E-state index contributed by atoms with van der Waals surface area (Å²) in [6, 6.07) is 14.2. The van der Waals surface area contributed by atoms with Gasteiger partial charge in [0.2, 0.25) is 0 Å². The van der Waals surface area contributed by atoms with E-state index in [1.165, 1.54) is 12.8 Å². The van der Waals surface area contributed by atoms with Gasteiger partial charge in [-0.25, -0.2) is 13.3 Å². The minimum absolute atomic E-state index is 0.136. The second-order valence-electron chi connectivity index (χ2n) is 8.56. The van der Waals surface area contributed by atoms with Crippen LogP contribution in [0.2, 0.25) is 0 Å². The van der Waals surface area contributed by atoms with Crippen molar-refractivity contribution < 1.29 is 23.0 Å². The average Bonchev–Trinajstić information content (AvgIpc) is 3.59. The Balaban J connectivity index is 0.000000286. The average molecular weight is 493 g/mol. The molecule has 36 heavy (non-hydrogen) atoms. The van der Waals surface area contributed by atoms with Crippen molar-refractivity contribution in [2.45, 2.75) is 19.4 Å². The zero-order chi connectivity index (χ0) is 24.9. The van der Waals surface area contributed by atoms with Gasteiger partial charge in [0.1, 0.15) is 24.8 Å². The number of anilines is 1. The van der Waals surface area contributed by atoms with Gasteiger partial charge < -0.3 is 19.7 Å². The molecule has 4 aromatic rings. The fourth-order valence-corrected chi connectivity index (χ4v) is 4.22. The van der Waals surface area contributed by atoms with Crippen LogP contribution in [-0.4, -0.2) is 41.8 Å². The van der Waals surface area contributed by atoms with Crippen molar-refractivity contribution in [1.29, 1.82) is 0 Å². The summed E-state index contributed by atoms with van der Waals surface area (Å²) in [5, 5.41) is 7.31. The number of nitrogens with one attached hydrogen (secondary N) is 1. The molecule has 2 aliphatic heterocycles. The molecule has 0 aliphatic carbocycles. The smallest absolute Gasteiger partial charge is 0.255 e. The van der Waals surface area contributed by atoms with Gasteiger partial charge in [0, 0.05) is 31.5 Å². The number of rotatable bonds is 4. The lowest BCUT2D eigenvalue weighted by Crippen LogP contribution is -2.23. The van der Waals surface area contributed by atoms with Crippen LogP contribution < -0.4 is 19.7 Å². The molecule has 0 unspecified atom stereocenters. The van der Waals surface area contributed by atoms with Gasteiger partial charge in [-0.2, -0.15) is 5.10 Å². The number of hydrogen-bond donors (Lipinski definition) is 1. The molecule has 0 bridgehead atoms. The Labute approximate surface area is 207 Å². The van der Waals surface area contributed by atoms with Crippen LogP contribution in [0.25, 0.3) is 5.52 Å². The lowest BCUT2D eigenvalue weighted by molar-refractivity contribution is 0.0952. The van der Waals surface area contributed by atoms with E-state index in [-0.39, 0.29) is 5.91 Å². The predicted molar refractivity (Wildman–Crippen MR) is 132 cm³/mol. The van der Waals surface area contributed by atoms with Crippen molar-refractivity contribution in [3.63, 3.8) is 0 Å². The molecule has 0 saturated carbocycles. The van der Waals surface area contributed by atoms with Crippen LogP contribution in [-0.2, 0) is 6.54 Å². The number of carbonyl (C=O) groups excluding carboxylic acids is 1. The molecule has 4 heterocycles. The molecule has 9 heteroatoms. The molecule has 2 aromatic heterocycles. The number of pyridine rings is 1. The molecular weight excluding hydrogens is 466 g/mol. The maximum atomic E-state index is 12.8. The molecule has 6 rings (SSSR count). The van der Waals surface area contributed by atoms with E-state index in [0.29, 0.717) is 25.3 Å². The van der Waals surface area contributed by atoms with Crippen LogP contribution in [0.1, 0.15) is 28.8 Å². The highest BCUT2D eigenvalue weighted by atomic mass is 19.1. The standard InChI is InChI=1S/C21H22N4O3.C6H4F2/c26-21(22-13-15-3-4-19-20(11-15)28-10-9-27-19)17-14-23-25-8-5-16(12-18(17)25)24-6-1-2-7-24;7-5-1-2-6(8)4-3-5/h3-5,8,11-12,14H,1-2,6-7,9-10,13H2,(H,22,26);1-4H. The first-order valence-electron chi connectivity index (χ1n) is 11.9. The molecule has 2 aliphatic rings. The second-order valence-corrected chi connectivity index (χ2v) is 8.56. The summed E-state index contributed by atoms with van der Waals surface area (Å²) in [6.45, 7) is 3.66. The van der Waals surface area contributed by atoms with Gasteiger partial charge in [0.15, 0.2) is 11.5 Å². The molecule has 1 fully saturated rings. The number of aromatic nitrogens is 2. The quantitative estimate of drug-likeness (QED) is 0.451. The van der Waals surface area contributed by atoms with E-state index in [0.717, 1.165) is 65.6 Å². The number of ether oxygens (including phenoxy) is 2. The third-order valence-corrected chi connectivity index (χ3v) is 6.08. The van der Waals surface area contributed by atoms with Gasteiger partial charge in [-0.05, 0) is 66.9 Å². The fraction of sp³-hybridized carbons (Fsp3) is 0.259. The van der Waals surface area contributed by atoms with E-state index in [1.807, 2.05) is 24.4 Å². The topological polar surface area (TPSA) is 68.1 Å². The third-order valence-electron chi connectivity index (χ3n) is 6.08. The summed E-state index contributed by atoms with van der Waals surface area (Å²) >= 11 is 0. The number of nitrogens with zero attached hydrogens (tertiary/aromatic N) is 3. The van der Waals surface area contributed by atoms with E-state index < -0.39 is 11.6 Å². The first kappa shape index (κ1) is 23.6. The number of fused-ring (bicyclic) bond motifs is 2. The van der Waals surface area contributed by atoms with E-state index >= 15 is 0 Å². The van der Waals surface area contributed by atoms with Gasteiger partial charge in [-0.1, -0.05) is 6.07 Å². The number of halogens is 2. The van der Waals surface area contributed by atoms with Crippen LogP contribution in [0.3, 0.4) is 0 Å². The van der Waals surface area contributed by atoms with E-state index in [9.17, 15) is 13.6 Å². The lowest BCUT2D eigenvalue weighted by Gasteiger charge is -2.19. The summed E-state index contributed by atoms with van der Waals surface area (Å²) < 4.78 is 36.7. The Bertz CT molecular complexity index is 1330. The molecule has 186 valence electrons. The van der Waals surface area contributed by atoms with Gasteiger partial charge in [-0.3, -0.25) is 4.79 Å². The van der Waals surface area contributed by atoms with Crippen LogP contribution in [0.4, 0.5) is 14.5 Å². The molecule has 1 amide bonds. The summed E-state index contributed by atoms with van der Waals surface area (Å²) in [4.78, 5) is 15.1. The molecule has 1 N–H and O–H groups in total. The fourth-order valence-electron chi connectivity index (χ4n) is 4.22. The maximum absolute atomic E-state index is 12.8. The molecule has 0 radical (unpaired) electrons. The van der Waals surface area contributed by atoms with E-state index in [2.05, 4.69) is 27.4 Å². The Kier molecular flexibility index (Phi) is 6.97. The first-order valence-corrected chi connectivity index (χ1v) is 11.9. The summed E-state index contributed by atoms with van der Waals surface area (Å²) in [5.74, 6) is 0.517. The minimum Gasteiger partial charge on any atom is -0.486 e. The van der Waals surface area contributed by atoms with Crippen molar-refractivity contribution in [1.82, 2.24) is 14.9 Å². The van der Waals surface area contributed by atoms with Crippen molar-refractivity contribution in [3.8, 4) is 11.5 Å². The summed E-state index contributed by atoms with van der Waals surface area (Å²) in [5.41, 5.74) is 3.51. The molecule has 0 atom stereocenters. The normalized spacial score (nSPS) is 14.3. The van der Waals surface area contributed by atoms with E-state index in [1.54, 1.807) is 10.7 Å². The highest BCUT2D eigenvalue weighted by Gasteiger charge is 2.17. The molecular formula is C27H26F2N4O3.